The Labute approximate surface area is 197 Å². The molecule has 0 radical (unpaired) electrons. The first kappa shape index (κ1) is 22.8. The van der Waals surface area contributed by atoms with Crippen LogP contribution in [0.3, 0.4) is 0 Å². The van der Waals surface area contributed by atoms with Gasteiger partial charge >= 0.3 is 0 Å². The van der Waals surface area contributed by atoms with Gasteiger partial charge < -0.3 is 9.64 Å². The van der Waals surface area contributed by atoms with Gasteiger partial charge in [0.15, 0.2) is 0 Å². The van der Waals surface area contributed by atoms with Crippen molar-refractivity contribution in [3.05, 3.63) is 74.9 Å². The van der Waals surface area contributed by atoms with Gasteiger partial charge in [0, 0.05) is 23.5 Å². The minimum absolute atomic E-state index is 0.108. The largest absolute Gasteiger partial charge is 0.496 e. The van der Waals surface area contributed by atoms with Crippen molar-refractivity contribution in [2.24, 2.45) is 0 Å². The van der Waals surface area contributed by atoms with Crippen LogP contribution in [-0.4, -0.2) is 39.4 Å². The highest BCUT2D eigenvalue weighted by molar-refractivity contribution is 7.91. The van der Waals surface area contributed by atoms with Crippen molar-refractivity contribution >= 4 is 38.7 Å². The molecule has 0 spiro atoms. The third kappa shape index (κ3) is 4.29. The number of ether oxygens (including phenoxy) is 1. The minimum atomic E-state index is -3.72. The van der Waals surface area contributed by atoms with Crippen molar-refractivity contribution in [3.8, 4) is 5.75 Å². The van der Waals surface area contributed by atoms with Crippen molar-refractivity contribution in [1.82, 2.24) is 4.90 Å². The molecule has 1 amide bonds. The van der Waals surface area contributed by atoms with E-state index in [2.05, 4.69) is 6.07 Å². The first-order chi connectivity index (χ1) is 15.3. The fourth-order valence-corrected chi connectivity index (χ4v) is 7.17. The first-order valence-electron chi connectivity index (χ1n) is 10.3. The van der Waals surface area contributed by atoms with Crippen LogP contribution in [0.15, 0.2) is 63.7 Å². The number of methoxy groups -OCH3 is 1. The summed E-state index contributed by atoms with van der Waals surface area (Å²) in [6, 6.07) is 14.1. The van der Waals surface area contributed by atoms with Crippen molar-refractivity contribution in [3.63, 3.8) is 0 Å². The summed E-state index contributed by atoms with van der Waals surface area (Å²) in [6.45, 7) is 2.95. The highest BCUT2D eigenvalue weighted by Crippen LogP contribution is 2.36. The fraction of sp³-hybridized carbons (Fsp3) is 0.292. The number of carbonyl (C=O) groups excluding carboxylic acids is 1. The molecule has 2 heterocycles. The second-order valence-electron chi connectivity index (χ2n) is 7.82. The average Bonchev–Trinajstić information content (AvgIpc) is 3.21. The van der Waals surface area contributed by atoms with E-state index >= 15 is 0 Å². The van der Waals surface area contributed by atoms with E-state index in [1.807, 2.05) is 23.1 Å². The van der Waals surface area contributed by atoms with E-state index in [0.717, 1.165) is 18.6 Å². The van der Waals surface area contributed by atoms with Crippen molar-refractivity contribution in [1.29, 1.82) is 0 Å². The van der Waals surface area contributed by atoms with Gasteiger partial charge in [-0.25, -0.2) is 8.42 Å². The lowest BCUT2D eigenvalue weighted by Gasteiger charge is -2.32. The number of sulfone groups is 1. The van der Waals surface area contributed by atoms with E-state index in [1.165, 1.54) is 29.0 Å². The van der Waals surface area contributed by atoms with Crippen LogP contribution in [-0.2, 0) is 9.84 Å². The van der Waals surface area contributed by atoms with Gasteiger partial charge in [0.1, 0.15) is 5.75 Å². The summed E-state index contributed by atoms with van der Waals surface area (Å²) in [5, 5.41) is 2.03. The number of amides is 1. The monoisotopic (exact) mass is 489 g/mol. The smallest absolute Gasteiger partial charge is 0.264 e. The molecule has 1 aliphatic rings. The summed E-state index contributed by atoms with van der Waals surface area (Å²) in [6.07, 6.45) is 1.68. The number of piperidine rings is 1. The van der Waals surface area contributed by atoms with E-state index in [1.54, 1.807) is 31.5 Å². The molecule has 0 saturated carbocycles. The third-order valence-corrected chi connectivity index (χ3v) is 9.33. The van der Waals surface area contributed by atoms with Crippen LogP contribution in [0, 0.1) is 6.92 Å². The van der Waals surface area contributed by atoms with Crippen LogP contribution in [0.25, 0.3) is 0 Å². The molecule has 0 atom stereocenters. The molecule has 1 saturated heterocycles. The first-order valence-corrected chi connectivity index (χ1v) is 13.1. The zero-order valence-corrected chi connectivity index (χ0v) is 20.3. The fourth-order valence-electron chi connectivity index (χ4n) is 4.16. The average molecular weight is 490 g/mol. The Kier molecular flexibility index (Phi) is 6.60. The maximum atomic E-state index is 13.2. The third-order valence-electron chi connectivity index (χ3n) is 5.96. The molecule has 5 nitrogen and oxygen atoms in total. The molecule has 1 aromatic heterocycles. The van der Waals surface area contributed by atoms with E-state index < -0.39 is 9.84 Å². The number of hydrogen-bond donors (Lipinski definition) is 0. The lowest BCUT2D eigenvalue weighted by molar-refractivity contribution is 0.0716. The van der Waals surface area contributed by atoms with Crippen molar-refractivity contribution in [2.45, 2.75) is 35.5 Å². The summed E-state index contributed by atoms with van der Waals surface area (Å²) < 4.78 is 31.6. The zero-order valence-electron chi connectivity index (χ0n) is 17.9. The molecule has 8 heteroatoms. The van der Waals surface area contributed by atoms with Gasteiger partial charge in [-0.3, -0.25) is 4.79 Å². The Morgan fingerprint density at radius 2 is 1.75 bits per heavy atom. The molecular formula is C24H24ClNO4S2. The number of rotatable bonds is 5. The Hall–Kier alpha value is -2.35. The van der Waals surface area contributed by atoms with Crippen molar-refractivity contribution < 1.29 is 17.9 Å². The second-order valence-corrected chi connectivity index (χ2v) is 11.1. The number of hydrogen-bond acceptors (Lipinski definition) is 5. The molecular weight excluding hydrogens is 466 g/mol. The molecule has 0 N–H and O–H groups in total. The minimum Gasteiger partial charge on any atom is -0.496 e. The van der Waals surface area contributed by atoms with Gasteiger partial charge in [-0.05, 0) is 67.1 Å². The molecule has 0 unspecified atom stereocenters. The Morgan fingerprint density at radius 3 is 2.41 bits per heavy atom. The Balaban J connectivity index is 1.51. The maximum absolute atomic E-state index is 13.2. The summed E-state index contributed by atoms with van der Waals surface area (Å²) in [7, 11) is -2.04. The number of carbonyl (C=O) groups is 1. The number of thiophene rings is 1. The van der Waals surface area contributed by atoms with Crippen LogP contribution < -0.4 is 4.74 Å². The number of nitrogens with zero attached hydrogens (tertiary/aromatic N) is 1. The lowest BCUT2D eigenvalue weighted by atomic mass is 9.88. The zero-order chi connectivity index (χ0) is 22.9. The molecule has 168 valence electrons. The van der Waals surface area contributed by atoms with Gasteiger partial charge in [0.05, 0.1) is 21.8 Å². The summed E-state index contributed by atoms with van der Waals surface area (Å²) in [4.78, 5) is 15.9. The molecule has 2 aromatic carbocycles. The van der Waals surface area contributed by atoms with Gasteiger partial charge in [-0.2, -0.15) is 0 Å². The van der Waals surface area contributed by atoms with Crippen molar-refractivity contribution in [2.75, 3.05) is 20.2 Å². The number of para-hydroxylation sites is 1. The van der Waals surface area contributed by atoms with Crippen LogP contribution in [0.1, 0.15) is 39.6 Å². The summed E-state index contributed by atoms with van der Waals surface area (Å²) in [5.74, 6) is 1.10. The quantitative estimate of drug-likeness (QED) is 0.470. The summed E-state index contributed by atoms with van der Waals surface area (Å²) in [5.41, 5.74) is 1.67. The Morgan fingerprint density at radius 1 is 1.09 bits per heavy atom. The number of likely N-dealkylation sites (tertiary alicyclic amines) is 1. The van der Waals surface area contributed by atoms with E-state index in [4.69, 9.17) is 16.3 Å². The van der Waals surface area contributed by atoms with Gasteiger partial charge in [0.2, 0.25) is 9.84 Å². The maximum Gasteiger partial charge on any atom is 0.264 e. The molecule has 1 aliphatic heterocycles. The number of halogens is 1. The summed E-state index contributed by atoms with van der Waals surface area (Å²) >= 11 is 7.08. The highest BCUT2D eigenvalue weighted by atomic mass is 35.5. The van der Waals surface area contributed by atoms with Crippen LogP contribution in [0.4, 0.5) is 0 Å². The highest BCUT2D eigenvalue weighted by Gasteiger charge is 2.30. The van der Waals surface area contributed by atoms with Gasteiger partial charge in [-0.1, -0.05) is 29.8 Å². The second kappa shape index (κ2) is 9.25. The number of benzene rings is 2. The van der Waals surface area contributed by atoms with Crippen LogP contribution in [0.2, 0.25) is 5.02 Å². The normalized spacial score (nSPS) is 15.0. The predicted octanol–water partition coefficient (Wildman–Crippen LogP) is 5.57. The predicted molar refractivity (Wildman–Crippen MR) is 127 cm³/mol. The molecule has 0 aliphatic carbocycles. The lowest BCUT2D eigenvalue weighted by Crippen LogP contribution is -2.37. The standard InChI is InChI=1S/C24H24ClNO4S2/c1-16-22(32(28,29)19-9-7-18(25)8-10-19)15-31-23(16)24(27)26-13-11-17(12-14-26)20-5-3-4-6-21(20)30-2/h3-10,15,17H,11-14H2,1-2H3. The molecule has 32 heavy (non-hydrogen) atoms. The van der Waals surface area contributed by atoms with E-state index in [9.17, 15) is 13.2 Å². The van der Waals surface area contributed by atoms with E-state index in [0.29, 0.717) is 34.5 Å². The van der Waals surface area contributed by atoms with Gasteiger partial charge in [-0.15, -0.1) is 11.3 Å². The molecule has 4 rings (SSSR count). The van der Waals surface area contributed by atoms with Crippen LogP contribution >= 0.6 is 22.9 Å². The molecule has 0 bridgehead atoms. The Bertz CT molecular complexity index is 1230. The van der Waals surface area contributed by atoms with Crippen LogP contribution in [0.5, 0.6) is 5.75 Å². The topological polar surface area (TPSA) is 63.7 Å². The van der Waals surface area contributed by atoms with E-state index in [-0.39, 0.29) is 15.7 Å². The SMILES string of the molecule is COc1ccccc1C1CCN(C(=O)c2scc(S(=O)(=O)c3ccc(Cl)cc3)c2C)CC1. The molecule has 1 fully saturated rings. The van der Waals surface area contributed by atoms with Gasteiger partial charge in [0.25, 0.3) is 5.91 Å². The molecule has 3 aromatic rings.